The van der Waals surface area contributed by atoms with Crippen LogP contribution in [0.15, 0.2) is 24.3 Å². The molecule has 0 saturated heterocycles. The molecule has 0 aliphatic rings. The van der Waals surface area contributed by atoms with Crippen LogP contribution in [0.25, 0.3) is 0 Å². The lowest BCUT2D eigenvalue weighted by Gasteiger charge is -2.25. The lowest BCUT2D eigenvalue weighted by molar-refractivity contribution is -0.143. The van der Waals surface area contributed by atoms with Gasteiger partial charge in [-0.2, -0.15) is 0 Å². The fourth-order valence-corrected chi connectivity index (χ4v) is 2.95. The standard InChI is InChI=1S/C21H30N6O9/c22-12(8-17(24)31)18(32)25-13(5-6-16(23)30)19(33)26-14(7-10-1-3-11(29)4-2-10)20(34)27-15(9-28)21(35)36/h1-4,12-15,28-29H,5-9,22H2,(H2,23,30)(H2,24,31)(H,25,32)(H,26,33)(H,27,34)(H,35,36). The highest BCUT2D eigenvalue weighted by Crippen LogP contribution is 2.12. The van der Waals surface area contributed by atoms with E-state index in [1.165, 1.54) is 24.3 Å². The number of carboxylic acids is 1. The first-order valence-corrected chi connectivity index (χ1v) is 10.7. The van der Waals surface area contributed by atoms with Gasteiger partial charge in [0.05, 0.1) is 19.1 Å². The van der Waals surface area contributed by atoms with Gasteiger partial charge in [-0.1, -0.05) is 12.1 Å². The minimum atomic E-state index is -1.66. The van der Waals surface area contributed by atoms with Crippen molar-refractivity contribution in [2.24, 2.45) is 17.2 Å². The highest BCUT2D eigenvalue weighted by molar-refractivity contribution is 5.95. The third-order valence-corrected chi connectivity index (χ3v) is 4.88. The van der Waals surface area contributed by atoms with Crippen molar-refractivity contribution in [1.29, 1.82) is 0 Å². The molecule has 1 rings (SSSR count). The SMILES string of the molecule is NC(=O)CCC(NC(=O)C(N)CC(N)=O)C(=O)NC(Cc1ccc(O)cc1)C(=O)NC(CO)C(=O)O. The number of hydrogen-bond donors (Lipinski definition) is 9. The topological polar surface area (TPSA) is 277 Å². The summed E-state index contributed by atoms with van der Waals surface area (Å²) in [7, 11) is 0. The average Bonchev–Trinajstić information content (AvgIpc) is 2.79. The van der Waals surface area contributed by atoms with Crippen molar-refractivity contribution >= 4 is 35.5 Å². The summed E-state index contributed by atoms with van der Waals surface area (Å²) in [6.07, 6.45) is -1.30. The Hall–Kier alpha value is -4.24. The van der Waals surface area contributed by atoms with Crippen LogP contribution in [0.1, 0.15) is 24.8 Å². The molecule has 5 amide bonds. The van der Waals surface area contributed by atoms with Crippen molar-refractivity contribution in [2.45, 2.75) is 49.9 Å². The zero-order chi connectivity index (χ0) is 27.4. The molecule has 0 aromatic heterocycles. The van der Waals surface area contributed by atoms with E-state index < -0.39 is 72.7 Å². The van der Waals surface area contributed by atoms with Gasteiger partial charge < -0.3 is 48.5 Å². The van der Waals surface area contributed by atoms with Gasteiger partial charge in [0.1, 0.15) is 23.9 Å². The Balaban J connectivity index is 3.14. The molecule has 0 aliphatic carbocycles. The number of phenols is 1. The van der Waals surface area contributed by atoms with Gasteiger partial charge >= 0.3 is 5.97 Å². The van der Waals surface area contributed by atoms with Gasteiger partial charge in [-0.15, -0.1) is 0 Å². The zero-order valence-corrected chi connectivity index (χ0v) is 19.2. The number of carbonyl (C=O) groups is 6. The van der Waals surface area contributed by atoms with E-state index >= 15 is 0 Å². The van der Waals surface area contributed by atoms with Crippen molar-refractivity contribution in [3.05, 3.63) is 29.8 Å². The number of rotatable bonds is 15. The summed E-state index contributed by atoms with van der Waals surface area (Å²) < 4.78 is 0. The number of aliphatic hydroxyl groups is 1. The Morgan fingerprint density at radius 1 is 0.806 bits per heavy atom. The number of phenolic OH excluding ortho intramolecular Hbond substituents is 1. The van der Waals surface area contributed by atoms with Crippen molar-refractivity contribution in [3.8, 4) is 5.75 Å². The number of aliphatic carboxylic acids is 1. The summed E-state index contributed by atoms with van der Waals surface area (Å²) in [4.78, 5) is 71.5. The number of amides is 5. The first-order chi connectivity index (χ1) is 16.8. The zero-order valence-electron chi connectivity index (χ0n) is 19.2. The van der Waals surface area contributed by atoms with Crippen LogP contribution in [0.2, 0.25) is 0 Å². The molecule has 1 aromatic carbocycles. The number of benzene rings is 1. The molecular formula is C21H30N6O9. The van der Waals surface area contributed by atoms with E-state index in [4.69, 9.17) is 22.3 Å². The van der Waals surface area contributed by atoms with E-state index in [-0.39, 0.29) is 25.0 Å². The maximum absolute atomic E-state index is 13.0. The van der Waals surface area contributed by atoms with E-state index in [2.05, 4.69) is 16.0 Å². The molecule has 198 valence electrons. The third-order valence-electron chi connectivity index (χ3n) is 4.88. The number of aliphatic hydroxyl groups excluding tert-OH is 1. The Morgan fingerprint density at radius 2 is 1.33 bits per heavy atom. The minimum Gasteiger partial charge on any atom is -0.508 e. The monoisotopic (exact) mass is 510 g/mol. The Morgan fingerprint density at radius 3 is 1.83 bits per heavy atom. The maximum atomic E-state index is 13.0. The second-order valence-electron chi connectivity index (χ2n) is 7.86. The molecule has 0 aliphatic heterocycles. The minimum absolute atomic E-state index is 0.0588. The molecule has 1 aromatic rings. The molecule has 12 N–H and O–H groups in total. The summed E-state index contributed by atoms with van der Waals surface area (Å²) in [5.41, 5.74) is 16.2. The van der Waals surface area contributed by atoms with E-state index in [1.807, 2.05) is 0 Å². The van der Waals surface area contributed by atoms with Crippen LogP contribution in [0.3, 0.4) is 0 Å². The fraction of sp³-hybridized carbons (Fsp3) is 0.429. The summed E-state index contributed by atoms with van der Waals surface area (Å²) in [6.45, 7) is -0.921. The van der Waals surface area contributed by atoms with Crippen LogP contribution in [0.4, 0.5) is 0 Å². The number of nitrogens with one attached hydrogen (secondary N) is 3. The molecule has 0 heterocycles. The number of hydrogen-bond acceptors (Lipinski definition) is 9. The van der Waals surface area contributed by atoms with Crippen LogP contribution in [-0.2, 0) is 35.2 Å². The average molecular weight is 511 g/mol. The van der Waals surface area contributed by atoms with Crippen LogP contribution in [0, 0.1) is 0 Å². The second kappa shape index (κ2) is 14.2. The molecule has 15 nitrogen and oxygen atoms in total. The van der Waals surface area contributed by atoms with Gasteiger partial charge in [0.25, 0.3) is 0 Å². The number of carboxylic acid groups (broad SMARTS) is 1. The lowest BCUT2D eigenvalue weighted by Crippen LogP contribution is -2.58. The van der Waals surface area contributed by atoms with Crippen molar-refractivity contribution in [2.75, 3.05) is 6.61 Å². The molecule has 0 radical (unpaired) electrons. The highest BCUT2D eigenvalue weighted by atomic mass is 16.4. The molecule has 0 bridgehead atoms. The van der Waals surface area contributed by atoms with Crippen LogP contribution >= 0.6 is 0 Å². The quantitative estimate of drug-likeness (QED) is 0.110. The van der Waals surface area contributed by atoms with Crippen LogP contribution < -0.4 is 33.2 Å². The molecule has 15 heteroatoms. The normalized spacial score (nSPS) is 13.9. The van der Waals surface area contributed by atoms with Gasteiger partial charge in [0.2, 0.25) is 29.5 Å². The molecule has 36 heavy (non-hydrogen) atoms. The summed E-state index contributed by atoms with van der Waals surface area (Å²) in [6, 6.07) is -0.284. The fourth-order valence-electron chi connectivity index (χ4n) is 2.95. The van der Waals surface area contributed by atoms with E-state index in [1.54, 1.807) is 0 Å². The van der Waals surface area contributed by atoms with Crippen molar-refractivity contribution in [1.82, 2.24) is 16.0 Å². The predicted molar refractivity (Wildman–Crippen MR) is 123 cm³/mol. The summed E-state index contributed by atoms with van der Waals surface area (Å²) >= 11 is 0. The Labute approximate surface area is 205 Å². The lowest BCUT2D eigenvalue weighted by atomic mass is 10.0. The smallest absolute Gasteiger partial charge is 0.328 e. The van der Waals surface area contributed by atoms with Gasteiger partial charge in [0, 0.05) is 12.8 Å². The number of nitrogens with two attached hydrogens (primary N) is 3. The maximum Gasteiger partial charge on any atom is 0.328 e. The number of carbonyl (C=O) groups excluding carboxylic acids is 5. The van der Waals surface area contributed by atoms with Crippen molar-refractivity contribution < 1.29 is 44.1 Å². The van der Waals surface area contributed by atoms with Gasteiger partial charge in [0.15, 0.2) is 0 Å². The van der Waals surface area contributed by atoms with E-state index in [0.717, 1.165) is 0 Å². The number of aromatic hydroxyl groups is 1. The first-order valence-electron chi connectivity index (χ1n) is 10.7. The summed E-state index contributed by atoms with van der Waals surface area (Å²) in [5, 5.41) is 34.5. The van der Waals surface area contributed by atoms with Crippen LogP contribution in [0.5, 0.6) is 5.75 Å². The van der Waals surface area contributed by atoms with Gasteiger partial charge in [-0.3, -0.25) is 24.0 Å². The molecular weight excluding hydrogens is 480 g/mol. The summed E-state index contributed by atoms with van der Waals surface area (Å²) in [5.74, 6) is -6.06. The molecule has 4 unspecified atom stereocenters. The molecule has 0 fully saturated rings. The largest absolute Gasteiger partial charge is 0.508 e. The first kappa shape index (κ1) is 29.8. The number of primary amides is 2. The second-order valence-corrected chi connectivity index (χ2v) is 7.86. The van der Waals surface area contributed by atoms with Gasteiger partial charge in [-0.05, 0) is 24.1 Å². The van der Waals surface area contributed by atoms with E-state index in [9.17, 15) is 39.0 Å². The van der Waals surface area contributed by atoms with Gasteiger partial charge in [-0.25, -0.2) is 4.79 Å². The van der Waals surface area contributed by atoms with E-state index in [0.29, 0.717) is 5.56 Å². The van der Waals surface area contributed by atoms with Crippen LogP contribution in [-0.4, -0.2) is 81.6 Å². The Bertz CT molecular complexity index is 969. The molecule has 0 spiro atoms. The third kappa shape index (κ3) is 10.4. The highest BCUT2D eigenvalue weighted by Gasteiger charge is 2.30. The molecule has 4 atom stereocenters. The predicted octanol–water partition coefficient (Wildman–Crippen LogP) is -4.07. The Kier molecular flexibility index (Phi) is 11.8. The molecule has 0 saturated carbocycles. The van der Waals surface area contributed by atoms with Crippen molar-refractivity contribution in [3.63, 3.8) is 0 Å².